The van der Waals surface area contributed by atoms with Crippen LogP contribution in [0.5, 0.6) is 0 Å². The zero-order valence-corrected chi connectivity index (χ0v) is 18.5. The Kier molecular flexibility index (Phi) is 7.10. The summed E-state index contributed by atoms with van der Waals surface area (Å²) in [7, 11) is 3.48. The molecular formula is C20H28BrN5O3. The number of halogens is 1. The minimum atomic E-state index is -0.228. The summed E-state index contributed by atoms with van der Waals surface area (Å²) in [4.78, 5) is 47.1. The van der Waals surface area contributed by atoms with Crippen molar-refractivity contribution in [3.63, 3.8) is 0 Å². The van der Waals surface area contributed by atoms with E-state index < -0.39 is 0 Å². The Morgan fingerprint density at radius 3 is 2.41 bits per heavy atom. The molecule has 1 aromatic rings. The summed E-state index contributed by atoms with van der Waals surface area (Å²) >= 11 is 3.32. The predicted molar refractivity (Wildman–Crippen MR) is 113 cm³/mol. The van der Waals surface area contributed by atoms with E-state index in [1.54, 1.807) is 36.2 Å². The Labute approximate surface area is 179 Å². The molecule has 0 aromatic carbocycles. The zero-order valence-electron chi connectivity index (χ0n) is 16.9. The van der Waals surface area contributed by atoms with E-state index >= 15 is 0 Å². The van der Waals surface area contributed by atoms with Gasteiger partial charge in [-0.1, -0.05) is 0 Å². The fourth-order valence-electron chi connectivity index (χ4n) is 3.93. The first-order valence-electron chi connectivity index (χ1n) is 10.0. The van der Waals surface area contributed by atoms with E-state index in [0.717, 1.165) is 17.3 Å². The number of piperidine rings is 2. The van der Waals surface area contributed by atoms with Crippen LogP contribution in [0, 0.1) is 11.8 Å². The van der Waals surface area contributed by atoms with Gasteiger partial charge in [0, 0.05) is 56.9 Å². The van der Waals surface area contributed by atoms with E-state index in [2.05, 4.69) is 26.2 Å². The largest absolute Gasteiger partial charge is 0.342 e. The molecule has 8 nitrogen and oxygen atoms in total. The van der Waals surface area contributed by atoms with Crippen LogP contribution in [-0.4, -0.2) is 77.8 Å². The van der Waals surface area contributed by atoms with Crippen molar-refractivity contribution in [1.29, 1.82) is 0 Å². The van der Waals surface area contributed by atoms with Gasteiger partial charge in [-0.25, -0.2) is 9.78 Å². The van der Waals surface area contributed by atoms with Crippen LogP contribution in [0.1, 0.15) is 25.7 Å². The molecule has 0 aliphatic carbocycles. The van der Waals surface area contributed by atoms with Gasteiger partial charge in [-0.15, -0.1) is 0 Å². The molecule has 29 heavy (non-hydrogen) atoms. The first-order chi connectivity index (χ1) is 13.8. The number of carbonyl (C=O) groups excluding carboxylic acids is 3. The van der Waals surface area contributed by atoms with Gasteiger partial charge >= 0.3 is 6.03 Å². The molecule has 158 valence electrons. The van der Waals surface area contributed by atoms with Gasteiger partial charge in [0.15, 0.2) is 0 Å². The molecule has 1 N–H and O–H groups in total. The lowest BCUT2D eigenvalue weighted by Gasteiger charge is -2.38. The lowest BCUT2D eigenvalue weighted by molar-refractivity contribution is -0.139. The maximum absolute atomic E-state index is 13.0. The van der Waals surface area contributed by atoms with Crippen molar-refractivity contribution >= 4 is 39.6 Å². The Hall–Kier alpha value is -2.16. The third kappa shape index (κ3) is 5.46. The number of hydrogen-bond donors (Lipinski definition) is 1. The van der Waals surface area contributed by atoms with Crippen LogP contribution in [0.3, 0.4) is 0 Å². The Morgan fingerprint density at radius 1 is 1.07 bits per heavy atom. The number of pyridine rings is 1. The highest BCUT2D eigenvalue weighted by atomic mass is 79.9. The summed E-state index contributed by atoms with van der Waals surface area (Å²) in [6.45, 7) is 2.33. The third-order valence-electron chi connectivity index (χ3n) is 5.58. The van der Waals surface area contributed by atoms with Crippen LogP contribution in [0.2, 0.25) is 0 Å². The molecule has 0 bridgehead atoms. The standard InChI is InChI=1S/C20H28BrN5O3/c1-24(2)20(29)25-10-7-14(8-11-25)19(28)26-9-3-4-15(13-26)18(27)23-17-6-5-16(21)12-22-17/h5-6,12,14-15H,3-4,7-11,13H2,1-2H3,(H,22,23,27). The van der Waals surface area contributed by atoms with E-state index in [1.807, 2.05) is 11.0 Å². The average molecular weight is 466 g/mol. The van der Waals surface area contributed by atoms with Crippen molar-refractivity contribution < 1.29 is 14.4 Å². The molecule has 2 fully saturated rings. The fraction of sp³-hybridized carbons (Fsp3) is 0.600. The zero-order chi connectivity index (χ0) is 21.0. The fourth-order valence-corrected chi connectivity index (χ4v) is 4.16. The third-order valence-corrected chi connectivity index (χ3v) is 6.05. The van der Waals surface area contributed by atoms with E-state index in [9.17, 15) is 14.4 Å². The number of carbonyl (C=O) groups is 3. The summed E-state index contributed by atoms with van der Waals surface area (Å²) < 4.78 is 0.850. The lowest BCUT2D eigenvalue weighted by Crippen LogP contribution is -2.50. The molecular weight excluding hydrogens is 438 g/mol. The summed E-state index contributed by atoms with van der Waals surface area (Å²) in [6.07, 6.45) is 4.57. The molecule has 2 saturated heterocycles. The number of amides is 4. The second-order valence-corrected chi connectivity index (χ2v) is 8.83. The van der Waals surface area contributed by atoms with Crippen LogP contribution in [-0.2, 0) is 9.59 Å². The maximum Gasteiger partial charge on any atom is 0.319 e. The molecule has 3 heterocycles. The highest BCUT2D eigenvalue weighted by Gasteiger charge is 2.34. The molecule has 4 amide bonds. The van der Waals surface area contributed by atoms with Gasteiger partial charge in [-0.3, -0.25) is 9.59 Å². The van der Waals surface area contributed by atoms with Crippen LogP contribution >= 0.6 is 15.9 Å². The molecule has 0 radical (unpaired) electrons. The number of nitrogens with one attached hydrogen (secondary N) is 1. The SMILES string of the molecule is CN(C)C(=O)N1CCC(C(=O)N2CCCC(C(=O)Nc3ccc(Br)cn3)C2)CC1. The number of likely N-dealkylation sites (tertiary alicyclic amines) is 2. The molecule has 3 rings (SSSR count). The van der Waals surface area contributed by atoms with E-state index in [1.165, 1.54) is 0 Å². The first-order valence-corrected chi connectivity index (χ1v) is 10.8. The summed E-state index contributed by atoms with van der Waals surface area (Å²) in [5, 5.41) is 2.85. The van der Waals surface area contributed by atoms with E-state index in [-0.39, 0.29) is 29.7 Å². The number of urea groups is 1. The van der Waals surface area contributed by atoms with Crippen LogP contribution < -0.4 is 5.32 Å². The van der Waals surface area contributed by atoms with Gasteiger partial charge < -0.3 is 20.0 Å². The van der Waals surface area contributed by atoms with Gasteiger partial charge in [-0.05, 0) is 53.7 Å². The monoisotopic (exact) mass is 465 g/mol. The van der Waals surface area contributed by atoms with Crippen molar-refractivity contribution in [1.82, 2.24) is 19.7 Å². The highest BCUT2D eigenvalue weighted by molar-refractivity contribution is 9.10. The Morgan fingerprint density at radius 2 is 1.79 bits per heavy atom. The van der Waals surface area contributed by atoms with Gasteiger partial charge in [0.2, 0.25) is 11.8 Å². The Balaban J connectivity index is 1.52. The van der Waals surface area contributed by atoms with Gasteiger partial charge in [-0.2, -0.15) is 0 Å². The summed E-state index contributed by atoms with van der Waals surface area (Å²) in [5.74, 6) is 0.231. The molecule has 1 aromatic heterocycles. The first kappa shape index (κ1) is 21.5. The second-order valence-electron chi connectivity index (χ2n) is 7.91. The molecule has 0 spiro atoms. The summed E-state index contributed by atoms with van der Waals surface area (Å²) in [5.41, 5.74) is 0. The van der Waals surface area contributed by atoms with Gasteiger partial charge in [0.1, 0.15) is 5.82 Å². The van der Waals surface area contributed by atoms with Crippen LogP contribution in [0.4, 0.5) is 10.6 Å². The number of aromatic nitrogens is 1. The van der Waals surface area contributed by atoms with Gasteiger partial charge in [0.05, 0.1) is 5.92 Å². The predicted octanol–water partition coefficient (Wildman–Crippen LogP) is 2.41. The van der Waals surface area contributed by atoms with Gasteiger partial charge in [0.25, 0.3) is 0 Å². The van der Waals surface area contributed by atoms with Crippen LogP contribution in [0.15, 0.2) is 22.8 Å². The minimum Gasteiger partial charge on any atom is -0.342 e. The van der Waals surface area contributed by atoms with Crippen molar-refractivity contribution in [2.24, 2.45) is 11.8 Å². The molecule has 1 unspecified atom stereocenters. The highest BCUT2D eigenvalue weighted by Crippen LogP contribution is 2.25. The summed E-state index contributed by atoms with van der Waals surface area (Å²) in [6, 6.07) is 3.57. The van der Waals surface area contributed by atoms with Crippen molar-refractivity contribution in [2.75, 3.05) is 45.6 Å². The van der Waals surface area contributed by atoms with Crippen molar-refractivity contribution in [3.8, 4) is 0 Å². The number of hydrogen-bond acceptors (Lipinski definition) is 4. The number of anilines is 1. The molecule has 2 aliphatic rings. The minimum absolute atomic E-state index is 0.00726. The topological polar surface area (TPSA) is 85.9 Å². The number of rotatable bonds is 3. The molecule has 1 atom stereocenters. The van der Waals surface area contributed by atoms with Crippen molar-refractivity contribution in [3.05, 3.63) is 22.8 Å². The molecule has 2 aliphatic heterocycles. The lowest BCUT2D eigenvalue weighted by atomic mass is 9.92. The van der Waals surface area contributed by atoms with E-state index in [0.29, 0.717) is 44.8 Å². The quantitative estimate of drug-likeness (QED) is 0.742. The molecule has 9 heteroatoms. The van der Waals surface area contributed by atoms with Crippen molar-refractivity contribution in [2.45, 2.75) is 25.7 Å². The molecule has 0 saturated carbocycles. The average Bonchev–Trinajstić information content (AvgIpc) is 2.74. The maximum atomic E-state index is 13.0. The van der Waals surface area contributed by atoms with E-state index in [4.69, 9.17) is 0 Å². The Bertz CT molecular complexity index is 747. The normalized spacial score (nSPS) is 20.3. The smallest absolute Gasteiger partial charge is 0.319 e. The second kappa shape index (κ2) is 9.56. The number of nitrogens with zero attached hydrogens (tertiary/aromatic N) is 4. The van der Waals surface area contributed by atoms with Crippen LogP contribution in [0.25, 0.3) is 0 Å².